The molecule has 1 spiro atoms. The number of carbonyl (C=O) groups is 1. The molecule has 1 atom stereocenters. The van der Waals surface area contributed by atoms with Gasteiger partial charge in [0.15, 0.2) is 0 Å². The van der Waals surface area contributed by atoms with Crippen LogP contribution < -0.4 is 5.32 Å². The topological polar surface area (TPSA) is 49.6 Å². The van der Waals surface area contributed by atoms with Crippen LogP contribution in [-0.2, 0) is 0 Å². The average Bonchev–Trinajstić information content (AvgIpc) is 3.18. The zero-order valence-corrected chi connectivity index (χ0v) is 12.5. The minimum Gasteiger partial charge on any atom is -0.346 e. The summed E-state index contributed by atoms with van der Waals surface area (Å²) in [5.74, 6) is 0.627. The van der Waals surface area contributed by atoms with Crippen LogP contribution in [0.15, 0.2) is 30.7 Å². The number of hydrogen-bond donors (Lipinski definition) is 1. The van der Waals surface area contributed by atoms with E-state index in [1.165, 1.54) is 38.8 Å². The number of fused-ring (bicyclic) bond motifs is 3. The number of aromatic nitrogens is 2. The molecule has 1 aliphatic carbocycles. The first kappa shape index (κ1) is 12.6. The van der Waals surface area contributed by atoms with Gasteiger partial charge in [0, 0.05) is 17.3 Å². The molecule has 4 fully saturated rings. The maximum atomic E-state index is 12.7. The number of amides is 1. The van der Waals surface area contributed by atoms with Gasteiger partial charge >= 0.3 is 0 Å². The molecule has 3 aliphatic heterocycles. The first-order valence-corrected chi connectivity index (χ1v) is 8.25. The van der Waals surface area contributed by atoms with E-state index in [1.54, 1.807) is 6.33 Å². The van der Waals surface area contributed by atoms with Crippen molar-refractivity contribution in [1.29, 1.82) is 0 Å². The van der Waals surface area contributed by atoms with Crippen LogP contribution in [0.5, 0.6) is 0 Å². The van der Waals surface area contributed by atoms with E-state index in [0.717, 1.165) is 5.52 Å². The molecule has 114 valence electrons. The molecule has 0 aromatic carbocycles. The van der Waals surface area contributed by atoms with E-state index in [2.05, 4.69) is 15.2 Å². The highest BCUT2D eigenvalue weighted by Crippen LogP contribution is 2.53. The first-order valence-electron chi connectivity index (χ1n) is 8.25. The minimum absolute atomic E-state index is 0.0197. The van der Waals surface area contributed by atoms with E-state index in [-0.39, 0.29) is 11.4 Å². The average molecular weight is 296 g/mol. The van der Waals surface area contributed by atoms with Gasteiger partial charge < -0.3 is 9.72 Å². The molecule has 3 saturated heterocycles. The highest BCUT2D eigenvalue weighted by atomic mass is 16.2. The van der Waals surface area contributed by atoms with Crippen LogP contribution in [0.4, 0.5) is 0 Å². The van der Waals surface area contributed by atoms with E-state index >= 15 is 0 Å². The monoisotopic (exact) mass is 296 g/mol. The second-order valence-corrected chi connectivity index (χ2v) is 6.99. The Morgan fingerprint density at radius 3 is 2.91 bits per heavy atom. The molecule has 4 aliphatic rings. The molecule has 2 aromatic rings. The zero-order chi connectivity index (χ0) is 14.7. The van der Waals surface area contributed by atoms with Crippen LogP contribution in [0.3, 0.4) is 0 Å². The first-order chi connectivity index (χ1) is 10.8. The third-order valence-corrected chi connectivity index (χ3v) is 5.92. The highest BCUT2D eigenvalue weighted by Gasteiger charge is 2.60. The molecule has 6 rings (SSSR count). The number of rotatable bonds is 2. The molecule has 5 nitrogen and oxygen atoms in total. The number of piperidine rings is 3. The van der Waals surface area contributed by atoms with Crippen LogP contribution in [0.25, 0.3) is 5.52 Å². The quantitative estimate of drug-likeness (QED) is 0.917. The van der Waals surface area contributed by atoms with E-state index < -0.39 is 0 Å². The zero-order valence-electron chi connectivity index (χ0n) is 12.5. The Balaban J connectivity index is 1.42. The Bertz CT molecular complexity index is 740. The van der Waals surface area contributed by atoms with Crippen molar-refractivity contribution in [3.8, 4) is 0 Å². The molecular weight excluding hydrogens is 276 g/mol. The van der Waals surface area contributed by atoms with E-state index in [1.807, 2.05) is 28.8 Å². The van der Waals surface area contributed by atoms with Gasteiger partial charge in [-0.2, -0.15) is 0 Å². The van der Waals surface area contributed by atoms with Crippen LogP contribution in [0, 0.1) is 5.92 Å². The molecule has 2 bridgehead atoms. The lowest BCUT2D eigenvalue weighted by molar-refractivity contribution is -0.00152. The Labute approximate surface area is 129 Å². The highest BCUT2D eigenvalue weighted by molar-refractivity contribution is 5.93. The third kappa shape index (κ3) is 1.69. The largest absolute Gasteiger partial charge is 0.346 e. The van der Waals surface area contributed by atoms with Crippen molar-refractivity contribution in [2.24, 2.45) is 5.92 Å². The summed E-state index contributed by atoms with van der Waals surface area (Å²) in [5, 5.41) is 3.32. The fourth-order valence-corrected chi connectivity index (χ4v) is 4.60. The van der Waals surface area contributed by atoms with Gasteiger partial charge in [-0.15, -0.1) is 0 Å². The van der Waals surface area contributed by atoms with Gasteiger partial charge in [0.2, 0.25) is 0 Å². The molecule has 1 amide bonds. The van der Waals surface area contributed by atoms with Gasteiger partial charge in [0.05, 0.1) is 12.4 Å². The maximum absolute atomic E-state index is 12.7. The number of nitrogens with zero attached hydrogens (tertiary/aromatic N) is 3. The second kappa shape index (κ2) is 4.32. The summed E-state index contributed by atoms with van der Waals surface area (Å²) in [7, 11) is 0. The molecule has 1 saturated carbocycles. The van der Waals surface area contributed by atoms with Crippen molar-refractivity contribution in [2.45, 2.75) is 37.3 Å². The van der Waals surface area contributed by atoms with Crippen molar-refractivity contribution < 1.29 is 4.79 Å². The van der Waals surface area contributed by atoms with E-state index in [4.69, 9.17) is 0 Å². The standard InChI is InChI=1S/C17H20N4O/c22-16(14-10-13-2-1-7-20(13)11-18-14)19-15-12-3-8-21(9-4-12)17(15)5-6-17/h1-2,7,10-12,15H,3-6,8-9H2,(H,19,22)/t15-/m0/s1. The van der Waals surface area contributed by atoms with Crippen LogP contribution in [0.2, 0.25) is 0 Å². The van der Waals surface area contributed by atoms with Gasteiger partial charge in [-0.3, -0.25) is 9.69 Å². The van der Waals surface area contributed by atoms with Crippen molar-refractivity contribution >= 4 is 11.4 Å². The number of hydrogen-bond acceptors (Lipinski definition) is 3. The Hall–Kier alpha value is -1.88. The summed E-state index contributed by atoms with van der Waals surface area (Å²) in [6, 6.07) is 6.14. The molecule has 1 N–H and O–H groups in total. The Morgan fingerprint density at radius 1 is 1.32 bits per heavy atom. The maximum Gasteiger partial charge on any atom is 0.270 e. The van der Waals surface area contributed by atoms with Gasteiger partial charge in [0.25, 0.3) is 5.91 Å². The van der Waals surface area contributed by atoms with Crippen molar-refractivity contribution in [1.82, 2.24) is 19.6 Å². The number of nitrogens with one attached hydrogen (secondary N) is 1. The Morgan fingerprint density at radius 2 is 2.14 bits per heavy atom. The summed E-state index contributed by atoms with van der Waals surface area (Å²) in [6.07, 6.45) is 8.57. The van der Waals surface area contributed by atoms with Gasteiger partial charge in [-0.1, -0.05) is 0 Å². The summed E-state index contributed by atoms with van der Waals surface area (Å²) in [6.45, 7) is 2.43. The Kier molecular flexibility index (Phi) is 2.48. The second-order valence-electron chi connectivity index (χ2n) is 6.99. The van der Waals surface area contributed by atoms with Crippen molar-refractivity contribution in [3.63, 3.8) is 0 Å². The van der Waals surface area contributed by atoms with E-state index in [9.17, 15) is 4.79 Å². The van der Waals surface area contributed by atoms with Crippen molar-refractivity contribution in [2.75, 3.05) is 13.1 Å². The molecule has 0 radical (unpaired) electrons. The van der Waals surface area contributed by atoms with Crippen LogP contribution in [-0.4, -0.2) is 44.9 Å². The third-order valence-electron chi connectivity index (χ3n) is 5.92. The van der Waals surface area contributed by atoms with Crippen LogP contribution in [0.1, 0.15) is 36.2 Å². The minimum atomic E-state index is -0.0197. The molecule has 5 heteroatoms. The van der Waals surface area contributed by atoms with Gasteiger partial charge in [-0.25, -0.2) is 4.98 Å². The summed E-state index contributed by atoms with van der Waals surface area (Å²) in [4.78, 5) is 19.6. The normalized spacial score (nSPS) is 31.5. The molecular formula is C17H20N4O. The fraction of sp³-hybridized carbons (Fsp3) is 0.529. The SMILES string of the molecule is O=C(N[C@H]1C2CCN(CC2)C12CC2)c1cc2cccn2cn1. The summed E-state index contributed by atoms with van der Waals surface area (Å²) >= 11 is 0. The predicted octanol–water partition coefficient (Wildman–Crippen LogP) is 1.69. The summed E-state index contributed by atoms with van der Waals surface area (Å²) < 4.78 is 1.92. The van der Waals surface area contributed by atoms with Crippen LogP contribution >= 0.6 is 0 Å². The smallest absolute Gasteiger partial charge is 0.270 e. The predicted molar refractivity (Wildman–Crippen MR) is 82.7 cm³/mol. The van der Waals surface area contributed by atoms with E-state index in [0.29, 0.717) is 17.7 Å². The molecule has 22 heavy (non-hydrogen) atoms. The lowest BCUT2D eigenvalue weighted by Crippen LogP contribution is -2.65. The molecule has 0 unspecified atom stereocenters. The van der Waals surface area contributed by atoms with Crippen molar-refractivity contribution in [3.05, 3.63) is 36.4 Å². The van der Waals surface area contributed by atoms with Gasteiger partial charge in [-0.05, 0) is 62.9 Å². The summed E-state index contributed by atoms with van der Waals surface area (Å²) in [5.41, 5.74) is 1.81. The lowest BCUT2D eigenvalue weighted by Gasteiger charge is -2.52. The fourth-order valence-electron chi connectivity index (χ4n) is 4.60. The molecule has 2 aromatic heterocycles. The number of carbonyl (C=O) groups excluding carboxylic acids is 1. The molecule has 5 heterocycles. The lowest BCUT2D eigenvalue weighted by atomic mass is 9.77. The van der Waals surface area contributed by atoms with Gasteiger partial charge in [0.1, 0.15) is 5.69 Å².